The Morgan fingerprint density at radius 1 is 1.14 bits per heavy atom. The van der Waals surface area contributed by atoms with Crippen molar-refractivity contribution in [3.63, 3.8) is 0 Å². The fourth-order valence-electron chi connectivity index (χ4n) is 7.44. The monoisotopic (exact) mass is 498 g/mol. The summed E-state index contributed by atoms with van der Waals surface area (Å²) in [6, 6.07) is 10.7. The van der Waals surface area contributed by atoms with Gasteiger partial charge in [0.2, 0.25) is 0 Å². The van der Waals surface area contributed by atoms with E-state index in [0.717, 1.165) is 43.7 Å². The summed E-state index contributed by atoms with van der Waals surface area (Å²) < 4.78 is 17.4. The van der Waals surface area contributed by atoms with Gasteiger partial charge in [-0.1, -0.05) is 12.1 Å². The minimum Gasteiger partial charge on any atom is -0.508 e. The number of methoxy groups -OCH3 is 1. The number of carbonyl (C=O) groups is 1. The highest BCUT2D eigenvalue weighted by Crippen LogP contribution is 2.54. The molecule has 0 unspecified atom stereocenters. The topological polar surface area (TPSA) is 110 Å². The van der Waals surface area contributed by atoms with E-state index in [9.17, 15) is 15.0 Å². The number of nitrogens with one attached hydrogen (secondary N) is 2. The molecule has 9 heteroatoms. The number of ether oxygens (including phenoxy) is 2. The zero-order chi connectivity index (χ0) is 25.4. The van der Waals surface area contributed by atoms with Gasteiger partial charge < -0.3 is 39.5 Å². The molecule has 8 rings (SSSR count). The molecule has 3 aliphatic heterocycles. The molecule has 1 amide bonds. The average molecular weight is 499 g/mol. The Morgan fingerprint density at radius 2 is 1.97 bits per heavy atom. The third-order valence-electron chi connectivity index (χ3n) is 8.77. The zero-order valence-corrected chi connectivity index (χ0v) is 20.6. The highest BCUT2D eigenvalue weighted by molar-refractivity contribution is 6.31. The van der Waals surface area contributed by atoms with Crippen molar-refractivity contribution in [1.82, 2.24) is 19.8 Å². The summed E-state index contributed by atoms with van der Waals surface area (Å²) in [7, 11) is 3.61. The van der Waals surface area contributed by atoms with Crippen LogP contribution in [0.4, 0.5) is 0 Å². The number of hydrogen-bond donors (Lipinski definition) is 4. The highest BCUT2D eigenvalue weighted by atomic mass is 16.6. The van der Waals surface area contributed by atoms with E-state index < -0.39 is 5.72 Å². The number of amides is 1. The van der Waals surface area contributed by atoms with Gasteiger partial charge in [-0.15, -0.1) is 0 Å². The van der Waals surface area contributed by atoms with Gasteiger partial charge in [0.25, 0.3) is 5.91 Å². The van der Waals surface area contributed by atoms with Gasteiger partial charge in [-0.3, -0.25) is 4.79 Å². The lowest BCUT2D eigenvalue weighted by molar-refractivity contribution is -0.256. The Bertz CT molecular complexity index is 1850. The second-order valence-electron chi connectivity index (χ2n) is 10.5. The Balaban J connectivity index is 1.74. The molecule has 5 heterocycles. The lowest BCUT2D eigenvalue weighted by atomic mass is 9.93. The molecule has 5 aromatic rings. The molecule has 9 nitrogen and oxygen atoms in total. The van der Waals surface area contributed by atoms with Crippen LogP contribution in [0.2, 0.25) is 0 Å². The van der Waals surface area contributed by atoms with Crippen LogP contribution in [0.1, 0.15) is 35.5 Å². The van der Waals surface area contributed by atoms with E-state index in [0.29, 0.717) is 24.0 Å². The van der Waals surface area contributed by atoms with Crippen LogP contribution >= 0.6 is 0 Å². The third kappa shape index (κ3) is 2.29. The van der Waals surface area contributed by atoms with Gasteiger partial charge in [-0.2, -0.15) is 0 Å². The predicted molar refractivity (Wildman–Crippen MR) is 139 cm³/mol. The third-order valence-corrected chi connectivity index (χ3v) is 8.77. The molecule has 2 aromatic heterocycles. The number of benzene rings is 3. The van der Waals surface area contributed by atoms with E-state index >= 15 is 0 Å². The first kappa shape index (κ1) is 21.3. The molecule has 2 bridgehead atoms. The Hall–Kier alpha value is -3.79. The van der Waals surface area contributed by atoms with E-state index in [-0.39, 0.29) is 35.8 Å². The second kappa shape index (κ2) is 6.74. The van der Waals surface area contributed by atoms with Crippen molar-refractivity contribution >= 4 is 49.5 Å². The normalized spacial score (nSPS) is 26.5. The van der Waals surface area contributed by atoms with Crippen molar-refractivity contribution in [3.05, 3.63) is 47.5 Å². The van der Waals surface area contributed by atoms with Crippen LogP contribution < -0.4 is 10.6 Å². The number of phenols is 2. The number of hydrogen-bond acceptors (Lipinski definition) is 6. The SMILES string of the molecule is CN[C@@H]1C[C@H]2O[C@@](C)([C@@H]1OC)n1c3c(O)cccc3c3c4c(c5c6cc(O)ccc6n2c5c31)C(=O)NC4. The van der Waals surface area contributed by atoms with Gasteiger partial charge >= 0.3 is 0 Å². The smallest absolute Gasteiger partial charge is 0.252 e. The van der Waals surface area contributed by atoms with Gasteiger partial charge in [-0.25, -0.2) is 0 Å². The van der Waals surface area contributed by atoms with Gasteiger partial charge in [0.05, 0.1) is 27.6 Å². The van der Waals surface area contributed by atoms with Gasteiger partial charge in [0, 0.05) is 47.7 Å². The largest absolute Gasteiger partial charge is 0.508 e. The predicted octanol–water partition coefficient (Wildman–Crippen LogP) is 3.77. The molecule has 4 N–H and O–H groups in total. The van der Waals surface area contributed by atoms with E-state index in [1.807, 2.05) is 32.2 Å². The standard InChI is InChI=1S/C28H26N4O5/c1-28-26(36-3)16(29-2)10-19(37-28)31-17-8-7-12(33)9-14(17)21-22-15(11-30-27(22)35)20-13-5-4-6-18(34)23(13)32(28)25(20)24(21)31/h4-9,16,19,26,29,33-34H,10-11H2,1-3H3,(H,30,35)/t16-,19-,26-,28+/m1/s1. The summed E-state index contributed by atoms with van der Waals surface area (Å²) in [6.07, 6.45) is -0.121. The van der Waals surface area contributed by atoms with Crippen LogP contribution in [0.3, 0.4) is 0 Å². The molecule has 1 fully saturated rings. The lowest BCUT2D eigenvalue weighted by Crippen LogP contribution is -2.59. The molecule has 0 radical (unpaired) electrons. The fourth-order valence-corrected chi connectivity index (χ4v) is 7.44. The first-order chi connectivity index (χ1) is 17.9. The zero-order valence-electron chi connectivity index (χ0n) is 20.6. The molecule has 1 saturated heterocycles. The Labute approximate surface area is 211 Å². The number of phenolic OH excluding ortho intramolecular Hbond substituents is 2. The van der Waals surface area contributed by atoms with Crippen molar-refractivity contribution in [3.8, 4) is 11.5 Å². The van der Waals surface area contributed by atoms with E-state index in [1.54, 1.807) is 25.3 Å². The van der Waals surface area contributed by atoms with Crippen LogP contribution in [0.15, 0.2) is 36.4 Å². The maximum Gasteiger partial charge on any atom is 0.252 e. The van der Waals surface area contributed by atoms with E-state index in [2.05, 4.69) is 19.8 Å². The first-order valence-electron chi connectivity index (χ1n) is 12.5. The summed E-state index contributed by atoms with van der Waals surface area (Å²) in [5.74, 6) is 0.136. The molecule has 3 aromatic carbocycles. The number of aromatic nitrogens is 2. The number of para-hydroxylation sites is 1. The molecule has 3 aliphatic rings. The molecule has 0 spiro atoms. The van der Waals surface area contributed by atoms with Gasteiger partial charge in [0.1, 0.15) is 23.8 Å². The summed E-state index contributed by atoms with van der Waals surface area (Å²) in [6.45, 7) is 2.40. The second-order valence-corrected chi connectivity index (χ2v) is 10.5. The molecular weight excluding hydrogens is 472 g/mol. The number of fused-ring (bicyclic) bond motifs is 13. The number of carbonyl (C=O) groups excluding carboxylic acids is 1. The van der Waals surface area contributed by atoms with Crippen molar-refractivity contribution in [2.75, 3.05) is 14.2 Å². The minimum atomic E-state index is -0.982. The quantitative estimate of drug-likeness (QED) is 0.295. The maximum absolute atomic E-state index is 13.4. The number of rotatable bonds is 2. The molecule has 37 heavy (non-hydrogen) atoms. The molecular formula is C28H26N4O5. The summed E-state index contributed by atoms with van der Waals surface area (Å²) in [5.41, 5.74) is 3.81. The van der Waals surface area contributed by atoms with Crippen LogP contribution in [0, 0.1) is 0 Å². The minimum absolute atomic E-state index is 0.0545. The maximum atomic E-state index is 13.4. The van der Waals surface area contributed by atoms with Crippen LogP contribution in [-0.4, -0.2) is 51.6 Å². The molecule has 0 saturated carbocycles. The van der Waals surface area contributed by atoms with Crippen molar-refractivity contribution < 1.29 is 24.5 Å². The van der Waals surface area contributed by atoms with Gasteiger partial charge in [-0.05, 0) is 43.8 Å². The number of likely N-dealkylation sites (N-methyl/N-ethyl adjacent to an activating group) is 1. The van der Waals surface area contributed by atoms with Crippen LogP contribution in [0.25, 0.3) is 43.6 Å². The van der Waals surface area contributed by atoms with Crippen molar-refractivity contribution in [2.45, 2.75) is 44.0 Å². The number of nitrogens with zero attached hydrogens (tertiary/aromatic N) is 2. The van der Waals surface area contributed by atoms with Crippen molar-refractivity contribution in [2.24, 2.45) is 0 Å². The Morgan fingerprint density at radius 3 is 2.76 bits per heavy atom. The van der Waals surface area contributed by atoms with Crippen LogP contribution in [0.5, 0.6) is 11.5 Å². The highest BCUT2D eigenvalue weighted by Gasteiger charge is 2.53. The first-order valence-corrected chi connectivity index (χ1v) is 12.5. The van der Waals surface area contributed by atoms with Crippen molar-refractivity contribution in [1.29, 1.82) is 0 Å². The molecule has 0 aliphatic carbocycles. The summed E-state index contributed by atoms with van der Waals surface area (Å²) in [5, 5.41) is 31.6. The van der Waals surface area contributed by atoms with E-state index in [1.165, 1.54) is 0 Å². The fraction of sp³-hybridized carbons (Fsp3) is 0.321. The lowest BCUT2D eigenvalue weighted by Gasteiger charge is -2.48. The van der Waals surface area contributed by atoms with E-state index in [4.69, 9.17) is 9.47 Å². The average Bonchev–Trinajstić information content (AvgIpc) is 3.52. The molecule has 4 atom stereocenters. The Kier molecular flexibility index (Phi) is 3.88. The summed E-state index contributed by atoms with van der Waals surface area (Å²) in [4.78, 5) is 13.4. The summed E-state index contributed by atoms with van der Waals surface area (Å²) >= 11 is 0. The van der Waals surface area contributed by atoms with Gasteiger partial charge in [0.15, 0.2) is 5.72 Å². The van der Waals surface area contributed by atoms with Crippen LogP contribution in [-0.2, 0) is 21.7 Å². The molecule has 188 valence electrons. The number of aromatic hydroxyl groups is 2.